The van der Waals surface area contributed by atoms with E-state index in [9.17, 15) is 39.3 Å². The number of aliphatic hydroxyl groups excluding tert-OH is 2. The molecule has 1 aliphatic heterocycles. The predicted molar refractivity (Wildman–Crippen MR) is 230 cm³/mol. The molecule has 0 spiro atoms. The molecule has 2 aromatic rings. The van der Waals surface area contributed by atoms with Crippen molar-refractivity contribution in [1.29, 1.82) is 0 Å². The maximum atomic E-state index is 15.1. The highest BCUT2D eigenvalue weighted by Crippen LogP contribution is 2.66. The van der Waals surface area contributed by atoms with Crippen molar-refractivity contribution in [2.45, 2.75) is 155 Å². The van der Waals surface area contributed by atoms with Gasteiger partial charge in [0.15, 0.2) is 5.78 Å². The molecule has 2 saturated carbocycles. The number of benzene rings is 2. The second-order valence-electron chi connectivity index (χ2n) is 19.5. The van der Waals surface area contributed by atoms with Gasteiger partial charge in [-0.2, -0.15) is 0 Å². The fourth-order valence-electron chi connectivity index (χ4n) is 10.6. The van der Waals surface area contributed by atoms with Gasteiger partial charge in [-0.25, -0.2) is 14.4 Å². The van der Waals surface area contributed by atoms with Gasteiger partial charge in [0.2, 0.25) is 6.10 Å². The van der Waals surface area contributed by atoms with E-state index in [1.165, 1.54) is 32.9 Å². The summed E-state index contributed by atoms with van der Waals surface area (Å²) in [5, 5.41) is 40.6. The molecule has 11 atom stereocenters. The number of ketones is 2. The van der Waals surface area contributed by atoms with Crippen LogP contribution in [0.25, 0.3) is 0 Å². The van der Waals surface area contributed by atoms with Crippen molar-refractivity contribution in [2.24, 2.45) is 22.2 Å². The molecule has 0 aromatic heterocycles. The highest BCUT2D eigenvalue weighted by molar-refractivity contribution is 5.96. The molecule has 2 bridgehead atoms. The third-order valence-corrected chi connectivity index (χ3v) is 14.2. The minimum Gasteiger partial charge on any atom is -0.455 e. The first-order valence-corrected chi connectivity index (χ1v) is 22.1. The minimum absolute atomic E-state index is 0.0522. The summed E-state index contributed by atoms with van der Waals surface area (Å²) < 4.78 is 30.0. The Hall–Kier alpha value is -4.96. The second kappa shape index (κ2) is 18.1. The zero-order valence-corrected chi connectivity index (χ0v) is 38.2. The SMILES string of the molecule is CCCCCC(=O)O[C@@H](C(=O)O[C@H]1C[C@@]2(O)[C@@H](OC(=O)c3ccccc3)C3[C@](C)(C(=O)[C@H](O)C(=C1C)C2(C)C)[C@@H](O)C[C@H]1OC[C@@]31C(C)=O)[C@@H](NC(=O)OC(C)(C)C)c1ccccc1. The van der Waals surface area contributed by atoms with Crippen molar-refractivity contribution < 1.29 is 67.8 Å². The Balaban J connectivity index is 1.51. The monoisotopic (exact) mass is 889 g/mol. The molecular formula is C49H63NO14. The van der Waals surface area contributed by atoms with E-state index in [4.69, 9.17) is 23.7 Å². The number of ether oxygens (including phenoxy) is 5. The lowest BCUT2D eigenvalue weighted by Crippen LogP contribution is -2.79. The summed E-state index contributed by atoms with van der Waals surface area (Å²) in [6.07, 6.45) is -9.24. The van der Waals surface area contributed by atoms with Crippen LogP contribution in [0.2, 0.25) is 0 Å². The number of amides is 1. The smallest absolute Gasteiger partial charge is 0.408 e. The van der Waals surface area contributed by atoms with Gasteiger partial charge in [0.25, 0.3) is 0 Å². The third kappa shape index (κ3) is 8.52. The predicted octanol–water partition coefficient (Wildman–Crippen LogP) is 5.66. The van der Waals surface area contributed by atoms with Crippen LogP contribution in [0.15, 0.2) is 71.8 Å². The van der Waals surface area contributed by atoms with Crippen molar-refractivity contribution in [2.75, 3.05) is 6.61 Å². The van der Waals surface area contributed by atoms with Gasteiger partial charge in [0.1, 0.15) is 41.3 Å². The maximum absolute atomic E-state index is 15.1. The van der Waals surface area contributed by atoms with Crippen LogP contribution >= 0.6 is 0 Å². The number of carbonyl (C=O) groups excluding carboxylic acids is 6. The lowest BCUT2D eigenvalue weighted by molar-refractivity contribution is -0.306. The molecule has 3 fully saturated rings. The Labute approximate surface area is 374 Å². The van der Waals surface area contributed by atoms with Crippen LogP contribution in [0.1, 0.15) is 123 Å². The molecule has 348 valence electrons. The number of alkyl carbamates (subject to hydrolysis) is 1. The number of fused-ring (bicyclic) bond motifs is 5. The van der Waals surface area contributed by atoms with Crippen LogP contribution in [-0.4, -0.2) is 105 Å². The summed E-state index contributed by atoms with van der Waals surface area (Å²) in [5.74, 6) is -5.60. The van der Waals surface area contributed by atoms with Crippen molar-refractivity contribution in [3.05, 3.63) is 82.9 Å². The number of carbonyl (C=O) groups is 6. The molecule has 64 heavy (non-hydrogen) atoms. The average Bonchev–Trinajstić information content (AvgIpc) is 3.22. The Kier molecular flexibility index (Phi) is 13.7. The molecule has 2 aromatic carbocycles. The summed E-state index contributed by atoms with van der Waals surface area (Å²) >= 11 is 0. The highest BCUT2D eigenvalue weighted by atomic mass is 16.6. The number of nitrogens with one attached hydrogen (secondary N) is 1. The van der Waals surface area contributed by atoms with E-state index < -0.39 is 118 Å². The number of esters is 3. The van der Waals surface area contributed by atoms with Gasteiger partial charge in [-0.3, -0.25) is 14.4 Å². The molecule has 4 N–H and O–H groups in total. The van der Waals surface area contributed by atoms with Crippen LogP contribution in [0.5, 0.6) is 0 Å². The molecule has 15 nitrogen and oxygen atoms in total. The van der Waals surface area contributed by atoms with Crippen molar-refractivity contribution in [1.82, 2.24) is 5.32 Å². The minimum atomic E-state index is -2.36. The zero-order valence-electron chi connectivity index (χ0n) is 38.2. The van der Waals surface area contributed by atoms with Crippen LogP contribution in [0.4, 0.5) is 4.79 Å². The van der Waals surface area contributed by atoms with E-state index in [1.807, 2.05) is 6.92 Å². The van der Waals surface area contributed by atoms with Gasteiger partial charge in [-0.1, -0.05) is 82.1 Å². The van der Waals surface area contributed by atoms with Gasteiger partial charge in [-0.05, 0) is 76.8 Å². The van der Waals surface area contributed by atoms with E-state index in [2.05, 4.69) is 5.32 Å². The Morgan fingerprint density at radius 3 is 2.12 bits per heavy atom. The molecule has 0 radical (unpaired) electrons. The standard InChI is InChI=1S/C49H63NO14/c1-10-11-14-23-34(53)62-38(36(29-19-15-12-16-20-29)50-44(58)64-45(4,5)6)43(57)61-31-25-49(59)41(63-42(56)30-21-17-13-18-22-30)39-47(9,32(52)24-33-48(39,26-60-33)28(3)51)40(55)37(54)35(27(31)2)46(49,7)8/h12-13,15-22,31-33,36-39,41,52,54,59H,10-11,14,23-26H2,1-9H3,(H,50,58)/t31-,32-,33+,36-,37+,38+,39?,41-,47+,48-,49+/m0/s1. The Morgan fingerprint density at radius 1 is 0.938 bits per heavy atom. The molecule has 15 heteroatoms. The first kappa shape index (κ1) is 48.5. The first-order valence-electron chi connectivity index (χ1n) is 22.1. The van der Waals surface area contributed by atoms with Crippen LogP contribution in [-0.2, 0) is 42.9 Å². The summed E-state index contributed by atoms with van der Waals surface area (Å²) in [4.78, 5) is 85.2. The molecule has 1 saturated heterocycles. The van der Waals surface area contributed by atoms with Crippen molar-refractivity contribution in [3.63, 3.8) is 0 Å². The number of rotatable bonds is 13. The fraction of sp³-hybridized carbons (Fsp3) is 0.592. The topological polar surface area (TPSA) is 221 Å². The van der Waals surface area contributed by atoms with Gasteiger partial charge >= 0.3 is 24.0 Å². The van der Waals surface area contributed by atoms with E-state index in [0.29, 0.717) is 18.4 Å². The third-order valence-electron chi connectivity index (χ3n) is 14.2. The number of hydrogen-bond acceptors (Lipinski definition) is 14. The summed E-state index contributed by atoms with van der Waals surface area (Å²) in [5.41, 5.74) is -7.94. The molecule has 6 rings (SSSR count). The lowest BCUT2D eigenvalue weighted by atomic mass is 9.41. The first-order chi connectivity index (χ1) is 29.9. The molecule has 1 heterocycles. The number of unbranched alkanes of at least 4 members (excludes halogenated alkanes) is 2. The summed E-state index contributed by atoms with van der Waals surface area (Å²) in [6, 6.07) is 14.9. The van der Waals surface area contributed by atoms with Gasteiger partial charge in [0, 0.05) is 30.6 Å². The maximum Gasteiger partial charge on any atom is 0.408 e. The fourth-order valence-corrected chi connectivity index (χ4v) is 10.6. The molecule has 4 aliphatic rings. The quantitative estimate of drug-likeness (QED) is 0.0825. The van der Waals surface area contributed by atoms with E-state index in [-0.39, 0.29) is 36.2 Å². The number of hydrogen-bond donors (Lipinski definition) is 4. The molecular weight excluding hydrogens is 827 g/mol. The van der Waals surface area contributed by atoms with Gasteiger partial charge in [-0.15, -0.1) is 0 Å². The largest absolute Gasteiger partial charge is 0.455 e. The van der Waals surface area contributed by atoms with E-state index >= 15 is 4.79 Å². The molecule has 3 aliphatic carbocycles. The Morgan fingerprint density at radius 2 is 1.56 bits per heavy atom. The van der Waals surface area contributed by atoms with Crippen LogP contribution in [0.3, 0.4) is 0 Å². The van der Waals surface area contributed by atoms with Crippen molar-refractivity contribution >= 4 is 35.6 Å². The normalized spacial score (nSPS) is 31.6. The van der Waals surface area contributed by atoms with E-state index in [0.717, 1.165) is 6.42 Å². The van der Waals surface area contributed by atoms with Crippen molar-refractivity contribution in [3.8, 4) is 0 Å². The highest BCUT2D eigenvalue weighted by Gasteiger charge is 2.77. The number of Topliss-reactive ketones (excluding diaryl/α,β-unsaturated/α-hetero) is 2. The summed E-state index contributed by atoms with van der Waals surface area (Å²) in [6.45, 7) is 14.1. The van der Waals surface area contributed by atoms with E-state index in [1.54, 1.807) is 83.1 Å². The summed E-state index contributed by atoms with van der Waals surface area (Å²) in [7, 11) is 0. The number of aliphatic hydroxyl groups is 3. The average molecular weight is 890 g/mol. The Bertz CT molecular complexity index is 2150. The lowest BCUT2D eigenvalue weighted by Gasteiger charge is -2.67. The van der Waals surface area contributed by atoms with Crippen LogP contribution in [0, 0.1) is 22.2 Å². The second-order valence-corrected chi connectivity index (χ2v) is 19.5. The zero-order chi connectivity index (χ0) is 47.2. The molecule has 1 amide bonds. The molecule has 1 unspecified atom stereocenters. The van der Waals surface area contributed by atoms with Gasteiger partial charge < -0.3 is 44.3 Å². The van der Waals surface area contributed by atoms with Crippen LogP contribution < -0.4 is 5.32 Å². The van der Waals surface area contributed by atoms with Gasteiger partial charge in [0.05, 0.1) is 35.2 Å².